The van der Waals surface area contributed by atoms with E-state index >= 15 is 0 Å². The molecule has 4 nitrogen and oxygen atoms in total. The van der Waals surface area contributed by atoms with Gasteiger partial charge in [-0.2, -0.15) is 0 Å². The van der Waals surface area contributed by atoms with Crippen molar-refractivity contribution in [3.63, 3.8) is 0 Å². The van der Waals surface area contributed by atoms with Crippen molar-refractivity contribution in [3.05, 3.63) is 59.7 Å². The van der Waals surface area contributed by atoms with E-state index in [2.05, 4.69) is 52.9 Å². The van der Waals surface area contributed by atoms with Crippen molar-refractivity contribution in [3.8, 4) is 11.5 Å². The molecular weight excluding hydrogens is 362 g/mol. The maximum Gasteiger partial charge on any atom is 0.260 e. The Morgan fingerprint density at radius 2 is 1.55 bits per heavy atom. The van der Waals surface area contributed by atoms with Crippen molar-refractivity contribution >= 4 is 5.91 Å². The Balaban J connectivity index is 1.81. The third-order valence-electron chi connectivity index (χ3n) is 4.76. The first-order valence-corrected chi connectivity index (χ1v) is 10.3. The SMILES string of the molecule is CC(Oc1ccc(C(C)(C)C)cc1)C(=O)NCCOc1ccccc1C(C)(C)C. The standard InChI is InChI=1S/C25H35NO3/c1-18(29-20-14-12-19(13-15-20)24(2,3)4)23(27)26-16-17-28-22-11-9-8-10-21(22)25(5,6)7/h8-15,18H,16-17H2,1-7H3,(H,26,27). The number of carbonyl (C=O) groups excluding carboxylic acids is 1. The Bertz CT molecular complexity index is 798. The third-order valence-corrected chi connectivity index (χ3v) is 4.76. The lowest BCUT2D eigenvalue weighted by molar-refractivity contribution is -0.127. The maximum absolute atomic E-state index is 12.3. The largest absolute Gasteiger partial charge is 0.491 e. The molecule has 2 aromatic carbocycles. The van der Waals surface area contributed by atoms with Gasteiger partial charge in [0.05, 0.1) is 6.54 Å². The molecule has 0 aliphatic heterocycles. The summed E-state index contributed by atoms with van der Waals surface area (Å²) < 4.78 is 11.7. The van der Waals surface area contributed by atoms with Gasteiger partial charge in [-0.1, -0.05) is 71.9 Å². The molecule has 1 atom stereocenters. The Morgan fingerprint density at radius 3 is 2.14 bits per heavy atom. The monoisotopic (exact) mass is 397 g/mol. The minimum absolute atomic E-state index is 0.00470. The molecule has 0 radical (unpaired) electrons. The molecule has 0 aliphatic carbocycles. The third kappa shape index (κ3) is 6.81. The van der Waals surface area contributed by atoms with Crippen LogP contribution in [0.3, 0.4) is 0 Å². The number of hydrogen-bond acceptors (Lipinski definition) is 3. The first-order valence-electron chi connectivity index (χ1n) is 10.3. The highest BCUT2D eigenvalue weighted by molar-refractivity contribution is 5.80. The van der Waals surface area contributed by atoms with Gasteiger partial charge in [-0.3, -0.25) is 4.79 Å². The van der Waals surface area contributed by atoms with Gasteiger partial charge in [-0.05, 0) is 47.1 Å². The number of nitrogens with one attached hydrogen (secondary N) is 1. The highest BCUT2D eigenvalue weighted by Crippen LogP contribution is 2.30. The minimum Gasteiger partial charge on any atom is -0.491 e. The van der Waals surface area contributed by atoms with Crippen LogP contribution in [0, 0.1) is 0 Å². The molecular formula is C25H35NO3. The molecule has 0 aliphatic rings. The fourth-order valence-electron chi connectivity index (χ4n) is 2.98. The van der Waals surface area contributed by atoms with Gasteiger partial charge in [-0.15, -0.1) is 0 Å². The first kappa shape index (κ1) is 22.8. The molecule has 0 saturated heterocycles. The average molecular weight is 398 g/mol. The molecule has 0 fully saturated rings. The molecule has 1 N–H and O–H groups in total. The fourth-order valence-corrected chi connectivity index (χ4v) is 2.98. The van der Waals surface area contributed by atoms with E-state index in [1.165, 1.54) is 5.56 Å². The average Bonchev–Trinajstić information content (AvgIpc) is 2.64. The van der Waals surface area contributed by atoms with Crippen LogP contribution in [-0.2, 0) is 15.6 Å². The lowest BCUT2D eigenvalue weighted by Crippen LogP contribution is -2.38. The van der Waals surface area contributed by atoms with Gasteiger partial charge in [0.15, 0.2) is 6.10 Å². The van der Waals surface area contributed by atoms with Crippen molar-refractivity contribution in [2.75, 3.05) is 13.2 Å². The topological polar surface area (TPSA) is 47.6 Å². The molecule has 29 heavy (non-hydrogen) atoms. The van der Waals surface area contributed by atoms with E-state index in [0.717, 1.165) is 11.3 Å². The number of benzene rings is 2. The van der Waals surface area contributed by atoms with Crippen LogP contribution in [0.4, 0.5) is 0 Å². The van der Waals surface area contributed by atoms with Gasteiger partial charge in [0.1, 0.15) is 18.1 Å². The molecule has 1 unspecified atom stereocenters. The predicted molar refractivity (Wildman–Crippen MR) is 119 cm³/mol. The Morgan fingerprint density at radius 1 is 0.931 bits per heavy atom. The van der Waals surface area contributed by atoms with E-state index in [9.17, 15) is 4.79 Å². The second-order valence-corrected chi connectivity index (χ2v) is 9.42. The van der Waals surface area contributed by atoms with E-state index in [4.69, 9.17) is 9.47 Å². The van der Waals surface area contributed by atoms with Gasteiger partial charge < -0.3 is 14.8 Å². The smallest absolute Gasteiger partial charge is 0.260 e. The van der Waals surface area contributed by atoms with Crippen LogP contribution >= 0.6 is 0 Å². The lowest BCUT2D eigenvalue weighted by Gasteiger charge is -2.23. The summed E-state index contributed by atoms with van der Waals surface area (Å²) in [6.07, 6.45) is -0.572. The molecule has 0 aromatic heterocycles. The Labute approximate surface area is 175 Å². The normalized spacial score (nSPS) is 12.9. The van der Waals surface area contributed by atoms with Crippen molar-refractivity contribution in [2.45, 2.75) is 65.4 Å². The van der Waals surface area contributed by atoms with Crippen LogP contribution in [0.2, 0.25) is 0 Å². The lowest BCUT2D eigenvalue weighted by atomic mass is 9.86. The molecule has 0 bridgehead atoms. The molecule has 4 heteroatoms. The zero-order valence-electron chi connectivity index (χ0n) is 18.8. The second-order valence-electron chi connectivity index (χ2n) is 9.42. The number of carbonyl (C=O) groups is 1. The Hall–Kier alpha value is -2.49. The minimum atomic E-state index is -0.572. The molecule has 0 saturated carbocycles. The van der Waals surface area contributed by atoms with E-state index < -0.39 is 6.10 Å². The maximum atomic E-state index is 12.3. The summed E-state index contributed by atoms with van der Waals surface area (Å²) in [5.74, 6) is 1.39. The molecule has 0 spiro atoms. The van der Waals surface area contributed by atoms with Gasteiger partial charge in [-0.25, -0.2) is 0 Å². The van der Waals surface area contributed by atoms with Gasteiger partial charge in [0.25, 0.3) is 5.91 Å². The van der Waals surface area contributed by atoms with Gasteiger partial charge in [0, 0.05) is 0 Å². The van der Waals surface area contributed by atoms with E-state index in [-0.39, 0.29) is 16.7 Å². The summed E-state index contributed by atoms with van der Waals surface area (Å²) in [7, 11) is 0. The highest BCUT2D eigenvalue weighted by atomic mass is 16.5. The summed E-state index contributed by atoms with van der Waals surface area (Å²) in [6, 6.07) is 15.9. The van der Waals surface area contributed by atoms with Crippen LogP contribution in [-0.4, -0.2) is 25.2 Å². The number of ether oxygens (including phenoxy) is 2. The second kappa shape index (κ2) is 9.34. The molecule has 158 valence electrons. The van der Waals surface area contributed by atoms with Crippen LogP contribution in [0.15, 0.2) is 48.5 Å². The summed E-state index contributed by atoms with van der Waals surface area (Å²) in [6.45, 7) is 15.6. The number of rotatable bonds is 7. The van der Waals surface area contributed by atoms with Gasteiger partial charge >= 0.3 is 0 Å². The van der Waals surface area contributed by atoms with Crippen molar-refractivity contribution in [2.24, 2.45) is 0 Å². The number of hydrogen-bond donors (Lipinski definition) is 1. The molecule has 1 amide bonds. The highest BCUT2D eigenvalue weighted by Gasteiger charge is 2.19. The van der Waals surface area contributed by atoms with Crippen molar-refractivity contribution < 1.29 is 14.3 Å². The Kier molecular flexibility index (Phi) is 7.34. The number of amides is 1. The van der Waals surface area contributed by atoms with Crippen LogP contribution < -0.4 is 14.8 Å². The summed E-state index contributed by atoms with van der Waals surface area (Å²) >= 11 is 0. The fraction of sp³-hybridized carbons (Fsp3) is 0.480. The quantitative estimate of drug-likeness (QED) is 0.650. The van der Waals surface area contributed by atoms with Crippen molar-refractivity contribution in [1.29, 1.82) is 0 Å². The predicted octanol–water partition coefficient (Wildman–Crippen LogP) is 5.24. The molecule has 2 aromatic rings. The van der Waals surface area contributed by atoms with Crippen LogP contribution in [0.25, 0.3) is 0 Å². The zero-order valence-corrected chi connectivity index (χ0v) is 18.8. The van der Waals surface area contributed by atoms with Crippen molar-refractivity contribution in [1.82, 2.24) is 5.32 Å². The molecule has 2 rings (SSSR count). The summed E-state index contributed by atoms with van der Waals surface area (Å²) in [4.78, 5) is 12.3. The first-order chi connectivity index (χ1) is 13.5. The van der Waals surface area contributed by atoms with E-state index in [0.29, 0.717) is 18.9 Å². The van der Waals surface area contributed by atoms with Crippen LogP contribution in [0.1, 0.15) is 59.6 Å². The molecule has 0 heterocycles. The zero-order chi connectivity index (χ0) is 21.7. The van der Waals surface area contributed by atoms with E-state index in [1.54, 1.807) is 6.92 Å². The van der Waals surface area contributed by atoms with Gasteiger partial charge in [0.2, 0.25) is 0 Å². The van der Waals surface area contributed by atoms with Crippen LogP contribution in [0.5, 0.6) is 11.5 Å². The summed E-state index contributed by atoms with van der Waals surface area (Å²) in [5.41, 5.74) is 2.48. The summed E-state index contributed by atoms with van der Waals surface area (Å²) in [5, 5.41) is 2.88. The van der Waals surface area contributed by atoms with E-state index in [1.807, 2.05) is 42.5 Å². The number of para-hydroxylation sites is 1.